The molecule has 0 aliphatic rings. The van der Waals surface area contributed by atoms with E-state index in [1.54, 1.807) is 0 Å². The summed E-state index contributed by atoms with van der Waals surface area (Å²) in [6.45, 7) is 0. The molecule has 0 saturated heterocycles. The summed E-state index contributed by atoms with van der Waals surface area (Å²) in [6.07, 6.45) is 0. The molecule has 0 aromatic heterocycles. The van der Waals surface area contributed by atoms with E-state index in [1.165, 1.54) is 76.5 Å². The lowest BCUT2D eigenvalue weighted by atomic mass is 9.89. The fraction of sp³-hybridized carbons (Fsp3) is 0. The first-order valence-corrected chi connectivity index (χ1v) is 18.3. The van der Waals surface area contributed by atoms with Gasteiger partial charge in [0.25, 0.3) is 0 Å². The molecule has 0 bridgehead atoms. The molecule has 10 rings (SSSR count). The van der Waals surface area contributed by atoms with Gasteiger partial charge in [-0.2, -0.15) is 0 Å². The molecule has 248 valence electrons. The predicted octanol–water partition coefficient (Wildman–Crippen LogP) is 14.8. The molecule has 0 atom stereocenters. The lowest BCUT2D eigenvalue weighted by molar-refractivity contribution is 1.28. The molecule has 0 aliphatic carbocycles. The van der Waals surface area contributed by atoms with E-state index in [-0.39, 0.29) is 0 Å². The highest BCUT2D eigenvalue weighted by Gasteiger charge is 2.22. The van der Waals surface area contributed by atoms with Gasteiger partial charge in [-0.25, -0.2) is 0 Å². The summed E-state index contributed by atoms with van der Waals surface area (Å²) in [6, 6.07) is 77.2. The zero-order valence-corrected chi connectivity index (χ0v) is 29.2. The van der Waals surface area contributed by atoms with Gasteiger partial charge in [0.15, 0.2) is 0 Å². The Morgan fingerprint density at radius 2 is 0.774 bits per heavy atom. The summed E-state index contributed by atoms with van der Waals surface area (Å²) in [4.78, 5) is 2.45. The van der Waals surface area contributed by atoms with Gasteiger partial charge >= 0.3 is 0 Å². The number of benzene rings is 10. The molecule has 0 spiro atoms. The Balaban J connectivity index is 1.25. The van der Waals surface area contributed by atoms with Crippen LogP contribution in [0.5, 0.6) is 0 Å². The van der Waals surface area contributed by atoms with E-state index >= 15 is 0 Å². The zero-order valence-electron chi connectivity index (χ0n) is 29.2. The third kappa shape index (κ3) is 5.34. The first-order valence-electron chi connectivity index (χ1n) is 18.3. The first kappa shape index (κ1) is 30.8. The van der Waals surface area contributed by atoms with Gasteiger partial charge in [0.1, 0.15) is 0 Å². The average molecular weight is 674 g/mol. The highest BCUT2D eigenvalue weighted by atomic mass is 15.1. The number of rotatable bonds is 6. The van der Waals surface area contributed by atoms with Crippen LogP contribution in [-0.4, -0.2) is 0 Å². The van der Waals surface area contributed by atoms with E-state index < -0.39 is 0 Å². The molecule has 10 aromatic carbocycles. The Kier molecular flexibility index (Phi) is 7.55. The van der Waals surface area contributed by atoms with Crippen molar-refractivity contribution >= 4 is 60.2 Å². The van der Waals surface area contributed by atoms with Crippen molar-refractivity contribution in [3.63, 3.8) is 0 Å². The van der Waals surface area contributed by atoms with Crippen LogP contribution in [0.3, 0.4) is 0 Å². The minimum Gasteiger partial charge on any atom is -0.309 e. The molecule has 1 nitrogen and oxygen atoms in total. The van der Waals surface area contributed by atoms with Gasteiger partial charge in [0, 0.05) is 16.8 Å². The summed E-state index contributed by atoms with van der Waals surface area (Å²) >= 11 is 0. The van der Waals surface area contributed by atoms with Gasteiger partial charge in [-0.05, 0) is 89.6 Å². The third-order valence-corrected chi connectivity index (χ3v) is 10.6. The first-order chi connectivity index (χ1) is 26.3. The van der Waals surface area contributed by atoms with Crippen LogP contribution in [0.2, 0.25) is 0 Å². The maximum Gasteiger partial charge on any atom is 0.0540 e. The molecule has 10 aromatic rings. The number of nitrogens with zero attached hydrogens (tertiary/aromatic N) is 1. The van der Waals surface area contributed by atoms with Gasteiger partial charge in [0.2, 0.25) is 0 Å². The number of anilines is 3. The van der Waals surface area contributed by atoms with Gasteiger partial charge in [-0.1, -0.05) is 188 Å². The van der Waals surface area contributed by atoms with Crippen LogP contribution >= 0.6 is 0 Å². The maximum atomic E-state index is 2.45. The summed E-state index contributed by atoms with van der Waals surface area (Å²) in [5.41, 5.74) is 10.5. The highest BCUT2D eigenvalue weighted by molar-refractivity contribution is 6.28. The largest absolute Gasteiger partial charge is 0.309 e. The number of para-hydroxylation sites is 2. The highest BCUT2D eigenvalue weighted by Crippen LogP contribution is 2.47. The summed E-state index contributed by atoms with van der Waals surface area (Å²) in [5.74, 6) is 0. The predicted molar refractivity (Wildman–Crippen MR) is 227 cm³/mol. The van der Waals surface area contributed by atoms with Crippen LogP contribution in [0, 0.1) is 0 Å². The van der Waals surface area contributed by atoms with E-state index in [1.807, 2.05) is 0 Å². The fourth-order valence-corrected chi connectivity index (χ4v) is 8.20. The Bertz CT molecular complexity index is 2940. The van der Waals surface area contributed by atoms with Gasteiger partial charge in [-0.3, -0.25) is 0 Å². The fourth-order valence-electron chi connectivity index (χ4n) is 8.20. The number of hydrogen-bond donors (Lipinski definition) is 0. The van der Waals surface area contributed by atoms with Crippen molar-refractivity contribution in [2.75, 3.05) is 4.90 Å². The molecule has 53 heavy (non-hydrogen) atoms. The topological polar surface area (TPSA) is 3.24 Å². The molecule has 0 heterocycles. The van der Waals surface area contributed by atoms with E-state index in [9.17, 15) is 0 Å². The van der Waals surface area contributed by atoms with Crippen molar-refractivity contribution in [3.8, 4) is 33.4 Å². The lowest BCUT2D eigenvalue weighted by Crippen LogP contribution is -2.12. The van der Waals surface area contributed by atoms with Crippen molar-refractivity contribution < 1.29 is 0 Å². The van der Waals surface area contributed by atoms with Crippen LogP contribution < -0.4 is 4.90 Å². The minimum atomic E-state index is 1.10. The van der Waals surface area contributed by atoms with Crippen molar-refractivity contribution in [1.82, 2.24) is 0 Å². The normalized spacial score (nSPS) is 11.4. The standard InChI is InChI=1S/C52H35N/c1-3-15-36(16-4-1)41-20-13-21-42(35-41)53(49-27-11-9-22-43(49)37-17-5-2-6-18-37)50-28-12-10-24-47(50)45-25-14-26-48-46(45)34-33-40-32-31-39-30-29-38-19-7-8-23-44(38)51(39)52(40)48/h1-35H. The second-order valence-corrected chi connectivity index (χ2v) is 13.7. The Labute approximate surface area is 309 Å². The Morgan fingerprint density at radius 3 is 1.55 bits per heavy atom. The molecule has 1 heteroatoms. The minimum absolute atomic E-state index is 1.10. The smallest absolute Gasteiger partial charge is 0.0540 e. The van der Waals surface area contributed by atoms with Crippen LogP contribution in [0.15, 0.2) is 212 Å². The van der Waals surface area contributed by atoms with Crippen LogP contribution in [0.4, 0.5) is 17.1 Å². The van der Waals surface area contributed by atoms with Crippen LogP contribution in [0.25, 0.3) is 76.5 Å². The summed E-state index contributed by atoms with van der Waals surface area (Å²) in [5, 5.41) is 10.2. The molecule has 0 fully saturated rings. The molecule has 0 N–H and O–H groups in total. The van der Waals surface area contributed by atoms with Crippen molar-refractivity contribution in [2.24, 2.45) is 0 Å². The monoisotopic (exact) mass is 673 g/mol. The molecule has 0 amide bonds. The SMILES string of the molecule is c1ccc(-c2cccc(N(c3ccccc3-c3ccccc3)c3ccccc3-c3cccc4c3ccc3ccc5ccc6ccccc6c5c34)c2)cc1. The quantitative estimate of drug-likeness (QED) is 0.159. The van der Waals surface area contributed by atoms with Gasteiger partial charge < -0.3 is 4.90 Å². The Hall–Kier alpha value is -6.96. The van der Waals surface area contributed by atoms with Crippen LogP contribution in [0.1, 0.15) is 0 Å². The number of fused-ring (bicyclic) bond motifs is 7. The average Bonchev–Trinajstić information content (AvgIpc) is 3.24. The second kappa shape index (κ2) is 13.0. The maximum absolute atomic E-state index is 2.45. The van der Waals surface area contributed by atoms with Crippen LogP contribution in [-0.2, 0) is 0 Å². The summed E-state index contributed by atoms with van der Waals surface area (Å²) < 4.78 is 0. The summed E-state index contributed by atoms with van der Waals surface area (Å²) in [7, 11) is 0. The number of hydrogen-bond acceptors (Lipinski definition) is 1. The molecule has 0 saturated carbocycles. The molecular weight excluding hydrogens is 639 g/mol. The molecule has 0 radical (unpaired) electrons. The van der Waals surface area contributed by atoms with E-state index in [2.05, 4.69) is 217 Å². The van der Waals surface area contributed by atoms with Crippen molar-refractivity contribution in [2.45, 2.75) is 0 Å². The molecular formula is C52H35N. The third-order valence-electron chi connectivity index (χ3n) is 10.6. The van der Waals surface area contributed by atoms with E-state index in [0.717, 1.165) is 17.1 Å². The van der Waals surface area contributed by atoms with Crippen molar-refractivity contribution in [3.05, 3.63) is 212 Å². The lowest BCUT2D eigenvalue weighted by Gasteiger charge is -2.30. The Morgan fingerprint density at radius 1 is 0.264 bits per heavy atom. The molecule has 0 aliphatic heterocycles. The van der Waals surface area contributed by atoms with Gasteiger partial charge in [-0.15, -0.1) is 0 Å². The second-order valence-electron chi connectivity index (χ2n) is 13.7. The zero-order chi connectivity index (χ0) is 35.1. The van der Waals surface area contributed by atoms with E-state index in [0.29, 0.717) is 0 Å². The molecule has 0 unspecified atom stereocenters. The van der Waals surface area contributed by atoms with Crippen molar-refractivity contribution in [1.29, 1.82) is 0 Å². The van der Waals surface area contributed by atoms with E-state index in [4.69, 9.17) is 0 Å². The van der Waals surface area contributed by atoms with Gasteiger partial charge in [0.05, 0.1) is 11.4 Å².